The fraction of sp³-hybridized carbons (Fsp3) is 0.174. The Hall–Kier alpha value is -3.23. The average molecular weight is 469 g/mol. The lowest BCUT2D eigenvalue weighted by molar-refractivity contribution is -0.118. The molecule has 2 heterocycles. The summed E-state index contributed by atoms with van der Waals surface area (Å²) in [6.07, 6.45) is 3.46. The number of carbonyl (C=O) groups excluding carboxylic acids is 1. The monoisotopic (exact) mass is 468 g/mol. The standard InChI is InChI=1S/C23H21ClN4O3S/c1-30-20-8-3-15(11-21(20)31-2)13-26-22(29)14-32-23-19-12-18(27-28(19)10-9-25-23)16-4-6-17(24)7-5-16/h3-12H,13-14H2,1-2H3,(H,26,29). The first kappa shape index (κ1) is 22.0. The summed E-state index contributed by atoms with van der Waals surface area (Å²) in [6, 6.07) is 15.0. The van der Waals surface area contributed by atoms with Crippen LogP contribution >= 0.6 is 23.4 Å². The van der Waals surface area contributed by atoms with Gasteiger partial charge < -0.3 is 14.8 Å². The Labute approximate surface area is 194 Å². The van der Waals surface area contributed by atoms with E-state index in [1.807, 2.05) is 48.5 Å². The van der Waals surface area contributed by atoms with Gasteiger partial charge in [-0.05, 0) is 35.9 Å². The molecule has 0 radical (unpaired) electrons. The second-order valence-corrected chi connectivity index (χ2v) is 8.25. The summed E-state index contributed by atoms with van der Waals surface area (Å²) in [5.74, 6) is 1.42. The van der Waals surface area contributed by atoms with Gasteiger partial charge in [-0.3, -0.25) is 4.79 Å². The van der Waals surface area contributed by atoms with Crippen molar-refractivity contribution in [2.45, 2.75) is 11.6 Å². The Morgan fingerprint density at radius 1 is 1.09 bits per heavy atom. The molecule has 9 heteroatoms. The number of methoxy groups -OCH3 is 2. The molecule has 1 N–H and O–H groups in total. The van der Waals surface area contributed by atoms with Crippen LogP contribution in [-0.4, -0.2) is 40.5 Å². The summed E-state index contributed by atoms with van der Waals surface area (Å²) in [7, 11) is 3.17. The first-order valence-corrected chi connectivity index (χ1v) is 11.1. The first-order chi connectivity index (χ1) is 15.6. The van der Waals surface area contributed by atoms with Crippen molar-refractivity contribution in [3.8, 4) is 22.8 Å². The lowest BCUT2D eigenvalue weighted by Crippen LogP contribution is -2.24. The number of nitrogens with zero attached hydrogens (tertiary/aromatic N) is 3. The predicted octanol–water partition coefficient (Wildman–Crippen LogP) is 4.48. The number of fused-ring (bicyclic) bond motifs is 1. The summed E-state index contributed by atoms with van der Waals surface area (Å²) >= 11 is 7.35. The molecule has 32 heavy (non-hydrogen) atoms. The molecule has 0 atom stereocenters. The van der Waals surface area contributed by atoms with E-state index in [0.29, 0.717) is 23.1 Å². The van der Waals surface area contributed by atoms with Crippen LogP contribution in [0.5, 0.6) is 11.5 Å². The molecule has 2 aromatic heterocycles. The van der Waals surface area contributed by atoms with E-state index in [9.17, 15) is 4.79 Å². The van der Waals surface area contributed by atoms with Crippen LogP contribution in [0.15, 0.2) is 66.0 Å². The van der Waals surface area contributed by atoms with Crippen molar-refractivity contribution < 1.29 is 14.3 Å². The molecule has 0 saturated carbocycles. The topological polar surface area (TPSA) is 77.8 Å². The highest BCUT2D eigenvalue weighted by atomic mass is 35.5. The number of amides is 1. The van der Waals surface area contributed by atoms with Gasteiger partial charge in [-0.2, -0.15) is 5.10 Å². The molecular weight excluding hydrogens is 448 g/mol. The predicted molar refractivity (Wildman–Crippen MR) is 126 cm³/mol. The van der Waals surface area contributed by atoms with Gasteiger partial charge in [0.1, 0.15) is 5.03 Å². The van der Waals surface area contributed by atoms with Crippen LogP contribution in [0.2, 0.25) is 5.02 Å². The van der Waals surface area contributed by atoms with Gasteiger partial charge in [0.2, 0.25) is 5.91 Å². The van der Waals surface area contributed by atoms with Gasteiger partial charge in [-0.15, -0.1) is 0 Å². The van der Waals surface area contributed by atoms with Gasteiger partial charge in [0.15, 0.2) is 11.5 Å². The maximum Gasteiger partial charge on any atom is 0.230 e. The van der Waals surface area contributed by atoms with E-state index in [1.165, 1.54) is 11.8 Å². The van der Waals surface area contributed by atoms with Crippen LogP contribution in [0.3, 0.4) is 0 Å². The van der Waals surface area contributed by atoms with Crippen molar-refractivity contribution in [3.63, 3.8) is 0 Å². The Bertz CT molecular complexity index is 1240. The minimum absolute atomic E-state index is 0.0916. The fourth-order valence-electron chi connectivity index (χ4n) is 3.15. The molecule has 2 aromatic carbocycles. The van der Waals surface area contributed by atoms with E-state index in [1.54, 1.807) is 31.1 Å². The number of rotatable bonds is 8. The van der Waals surface area contributed by atoms with E-state index in [-0.39, 0.29) is 11.7 Å². The van der Waals surface area contributed by atoms with Crippen LogP contribution in [-0.2, 0) is 11.3 Å². The Morgan fingerprint density at radius 2 is 1.88 bits per heavy atom. The van der Waals surface area contributed by atoms with Gasteiger partial charge >= 0.3 is 0 Å². The molecule has 4 rings (SSSR count). The first-order valence-electron chi connectivity index (χ1n) is 9.78. The normalized spacial score (nSPS) is 10.8. The number of hydrogen-bond acceptors (Lipinski definition) is 6. The SMILES string of the molecule is COc1ccc(CNC(=O)CSc2nccn3nc(-c4ccc(Cl)cc4)cc23)cc1OC. The Morgan fingerprint density at radius 3 is 2.62 bits per heavy atom. The van der Waals surface area contributed by atoms with E-state index in [4.69, 9.17) is 21.1 Å². The van der Waals surface area contributed by atoms with Crippen molar-refractivity contribution in [1.29, 1.82) is 0 Å². The van der Waals surface area contributed by atoms with Gasteiger partial charge in [0.25, 0.3) is 0 Å². The third-order valence-corrected chi connectivity index (χ3v) is 6.02. The number of nitrogens with one attached hydrogen (secondary N) is 1. The lowest BCUT2D eigenvalue weighted by Gasteiger charge is -2.10. The Kier molecular flexibility index (Phi) is 6.82. The minimum Gasteiger partial charge on any atom is -0.493 e. The van der Waals surface area contributed by atoms with Crippen LogP contribution in [0.1, 0.15) is 5.56 Å². The number of halogens is 1. The van der Waals surface area contributed by atoms with Crippen LogP contribution < -0.4 is 14.8 Å². The molecule has 164 valence electrons. The molecule has 1 amide bonds. The van der Waals surface area contributed by atoms with Crippen molar-refractivity contribution in [3.05, 3.63) is 71.5 Å². The highest BCUT2D eigenvalue weighted by Crippen LogP contribution is 2.28. The quantitative estimate of drug-likeness (QED) is 0.384. The third kappa shape index (κ3) is 4.98. The summed E-state index contributed by atoms with van der Waals surface area (Å²) in [5.41, 5.74) is 3.54. The molecule has 0 fully saturated rings. The Balaban J connectivity index is 1.40. The zero-order valence-electron chi connectivity index (χ0n) is 17.5. The second kappa shape index (κ2) is 9.93. The summed E-state index contributed by atoms with van der Waals surface area (Å²) in [4.78, 5) is 16.8. The highest BCUT2D eigenvalue weighted by Gasteiger charge is 2.12. The number of carbonyl (C=O) groups is 1. The maximum absolute atomic E-state index is 12.4. The summed E-state index contributed by atoms with van der Waals surface area (Å²) in [5, 5.41) is 8.94. The number of ether oxygens (including phenoxy) is 2. The van der Waals surface area contributed by atoms with Crippen molar-refractivity contribution >= 4 is 34.8 Å². The molecule has 0 spiro atoms. The fourth-order valence-corrected chi connectivity index (χ4v) is 4.08. The largest absolute Gasteiger partial charge is 0.493 e. The van der Waals surface area contributed by atoms with Crippen LogP contribution in [0.4, 0.5) is 0 Å². The molecule has 0 aliphatic rings. The van der Waals surface area contributed by atoms with Crippen molar-refractivity contribution in [1.82, 2.24) is 19.9 Å². The van der Waals surface area contributed by atoms with Gasteiger partial charge in [0.05, 0.1) is 31.2 Å². The van der Waals surface area contributed by atoms with E-state index < -0.39 is 0 Å². The summed E-state index contributed by atoms with van der Waals surface area (Å²) < 4.78 is 12.3. The molecule has 7 nitrogen and oxygen atoms in total. The minimum atomic E-state index is -0.0916. The zero-order valence-corrected chi connectivity index (χ0v) is 19.1. The van der Waals surface area contributed by atoms with Crippen molar-refractivity contribution in [2.24, 2.45) is 0 Å². The number of aromatic nitrogens is 3. The maximum atomic E-state index is 12.4. The van der Waals surface area contributed by atoms with Crippen LogP contribution in [0, 0.1) is 0 Å². The van der Waals surface area contributed by atoms with Crippen molar-refractivity contribution in [2.75, 3.05) is 20.0 Å². The number of hydrogen-bond donors (Lipinski definition) is 1. The molecule has 0 unspecified atom stereocenters. The number of benzene rings is 2. The third-order valence-electron chi connectivity index (χ3n) is 4.77. The van der Waals surface area contributed by atoms with E-state index in [2.05, 4.69) is 15.4 Å². The van der Waals surface area contributed by atoms with E-state index in [0.717, 1.165) is 27.4 Å². The molecular formula is C23H21ClN4O3S. The van der Waals surface area contributed by atoms with Gasteiger partial charge in [-0.25, -0.2) is 9.50 Å². The van der Waals surface area contributed by atoms with Gasteiger partial charge in [0, 0.05) is 29.5 Å². The average Bonchev–Trinajstić information content (AvgIpc) is 3.26. The van der Waals surface area contributed by atoms with Crippen LogP contribution in [0.25, 0.3) is 16.8 Å². The summed E-state index contributed by atoms with van der Waals surface area (Å²) in [6.45, 7) is 0.394. The smallest absolute Gasteiger partial charge is 0.230 e. The highest BCUT2D eigenvalue weighted by molar-refractivity contribution is 8.00. The zero-order chi connectivity index (χ0) is 22.5. The molecule has 0 bridgehead atoms. The molecule has 0 aliphatic carbocycles. The lowest BCUT2D eigenvalue weighted by atomic mass is 10.1. The van der Waals surface area contributed by atoms with Gasteiger partial charge in [-0.1, -0.05) is 41.6 Å². The number of thioether (sulfide) groups is 1. The molecule has 4 aromatic rings. The van der Waals surface area contributed by atoms with E-state index >= 15 is 0 Å². The molecule has 0 saturated heterocycles. The second-order valence-electron chi connectivity index (χ2n) is 6.85. The molecule has 0 aliphatic heterocycles.